The summed E-state index contributed by atoms with van der Waals surface area (Å²) in [5.74, 6) is 0. The lowest BCUT2D eigenvalue weighted by molar-refractivity contribution is 1.29. The molecule has 1 aromatic carbocycles. The van der Waals surface area contributed by atoms with Crippen LogP contribution < -0.4 is 0 Å². The molecule has 1 N–H and O–H groups in total. The standard InChI is InChI=1S/C9H9BrN2S/c1-13-9-6(4-10)2-3-7-8(9)12-5-11-7/h2-3,5H,4H2,1H3,(H,11,12). The number of hydrogen-bond donors (Lipinski definition) is 1. The number of fused-ring (bicyclic) bond motifs is 1. The van der Waals surface area contributed by atoms with E-state index in [1.807, 2.05) is 0 Å². The molecule has 68 valence electrons. The quantitative estimate of drug-likeness (QED) is 0.661. The van der Waals surface area contributed by atoms with Crippen molar-refractivity contribution < 1.29 is 0 Å². The Morgan fingerprint density at radius 3 is 3.08 bits per heavy atom. The number of halogens is 1. The number of aromatic amines is 1. The Kier molecular flexibility index (Phi) is 2.60. The first kappa shape index (κ1) is 9.09. The van der Waals surface area contributed by atoms with Gasteiger partial charge in [-0.1, -0.05) is 22.0 Å². The molecule has 0 aliphatic rings. The van der Waals surface area contributed by atoms with Gasteiger partial charge in [0.05, 0.1) is 11.8 Å². The van der Waals surface area contributed by atoms with Gasteiger partial charge in [-0.25, -0.2) is 4.98 Å². The lowest BCUT2D eigenvalue weighted by Gasteiger charge is -2.03. The Bertz CT molecular complexity index is 424. The lowest BCUT2D eigenvalue weighted by atomic mass is 10.2. The van der Waals surface area contributed by atoms with Crippen molar-refractivity contribution in [2.75, 3.05) is 6.26 Å². The predicted octanol–water partition coefficient (Wildman–Crippen LogP) is 3.18. The summed E-state index contributed by atoms with van der Waals surface area (Å²) in [6.07, 6.45) is 3.82. The minimum atomic E-state index is 0.881. The van der Waals surface area contributed by atoms with E-state index in [1.54, 1.807) is 18.1 Å². The molecule has 1 aromatic heterocycles. The van der Waals surface area contributed by atoms with Gasteiger partial charge in [0.25, 0.3) is 0 Å². The van der Waals surface area contributed by atoms with E-state index in [4.69, 9.17) is 0 Å². The van der Waals surface area contributed by atoms with Crippen molar-refractivity contribution in [2.45, 2.75) is 10.2 Å². The molecule has 0 atom stereocenters. The van der Waals surface area contributed by atoms with Gasteiger partial charge in [-0.2, -0.15) is 0 Å². The van der Waals surface area contributed by atoms with Crippen LogP contribution in [-0.2, 0) is 5.33 Å². The molecule has 0 aliphatic carbocycles. The number of rotatable bonds is 2. The summed E-state index contributed by atoms with van der Waals surface area (Å²) in [7, 11) is 0. The van der Waals surface area contributed by atoms with Crippen molar-refractivity contribution in [3.05, 3.63) is 24.0 Å². The zero-order valence-electron chi connectivity index (χ0n) is 7.17. The van der Waals surface area contributed by atoms with Crippen LogP contribution in [0.1, 0.15) is 5.56 Å². The van der Waals surface area contributed by atoms with Gasteiger partial charge < -0.3 is 4.98 Å². The molecule has 4 heteroatoms. The summed E-state index contributed by atoms with van der Waals surface area (Å²) in [5, 5.41) is 0.881. The molecule has 2 nitrogen and oxygen atoms in total. The second-order valence-corrected chi connectivity index (χ2v) is 4.07. The van der Waals surface area contributed by atoms with E-state index in [2.05, 4.69) is 44.3 Å². The number of alkyl halides is 1. The van der Waals surface area contributed by atoms with Crippen LogP contribution in [0.4, 0.5) is 0 Å². The van der Waals surface area contributed by atoms with Crippen molar-refractivity contribution >= 4 is 38.7 Å². The van der Waals surface area contributed by atoms with Gasteiger partial charge in [0, 0.05) is 10.2 Å². The maximum atomic E-state index is 4.30. The summed E-state index contributed by atoms with van der Waals surface area (Å²) >= 11 is 5.21. The first-order valence-electron chi connectivity index (χ1n) is 3.91. The first-order chi connectivity index (χ1) is 6.36. The predicted molar refractivity (Wildman–Crippen MR) is 60.5 cm³/mol. The third-order valence-corrected chi connectivity index (χ3v) is 3.44. The second-order valence-electron chi connectivity index (χ2n) is 2.69. The number of aromatic nitrogens is 2. The molecule has 0 unspecified atom stereocenters. The molecule has 0 spiro atoms. The smallest absolute Gasteiger partial charge is 0.102 e. The minimum Gasteiger partial charge on any atom is -0.345 e. The van der Waals surface area contributed by atoms with Gasteiger partial charge in [0.2, 0.25) is 0 Å². The fourth-order valence-corrected chi connectivity index (χ4v) is 2.77. The number of H-pyrrole nitrogens is 1. The molecule has 0 aliphatic heterocycles. The third kappa shape index (κ3) is 1.48. The monoisotopic (exact) mass is 256 g/mol. The molecule has 0 radical (unpaired) electrons. The average Bonchev–Trinajstić information content (AvgIpc) is 2.63. The van der Waals surface area contributed by atoms with E-state index in [-0.39, 0.29) is 0 Å². The number of benzene rings is 1. The van der Waals surface area contributed by atoms with Gasteiger partial charge in [-0.05, 0) is 17.9 Å². The number of thioether (sulfide) groups is 1. The van der Waals surface area contributed by atoms with Crippen LogP contribution in [0.5, 0.6) is 0 Å². The SMILES string of the molecule is CSc1c(CBr)ccc2[nH]cnc12. The molecule has 13 heavy (non-hydrogen) atoms. The Hall–Kier alpha value is -0.480. The Morgan fingerprint density at radius 2 is 2.38 bits per heavy atom. The van der Waals surface area contributed by atoms with E-state index < -0.39 is 0 Å². The summed E-state index contributed by atoms with van der Waals surface area (Å²) in [6.45, 7) is 0. The maximum absolute atomic E-state index is 4.30. The van der Waals surface area contributed by atoms with Crippen molar-refractivity contribution in [2.24, 2.45) is 0 Å². The number of hydrogen-bond acceptors (Lipinski definition) is 2. The van der Waals surface area contributed by atoms with E-state index in [0.29, 0.717) is 0 Å². The van der Waals surface area contributed by atoms with Gasteiger partial charge >= 0.3 is 0 Å². The van der Waals surface area contributed by atoms with Gasteiger partial charge in [0.15, 0.2) is 0 Å². The average molecular weight is 257 g/mol. The van der Waals surface area contributed by atoms with Crippen LogP contribution in [0.3, 0.4) is 0 Å². The molecule has 0 fully saturated rings. The van der Waals surface area contributed by atoms with Gasteiger partial charge in [0.1, 0.15) is 5.52 Å². The van der Waals surface area contributed by atoms with E-state index in [9.17, 15) is 0 Å². The highest BCUT2D eigenvalue weighted by Crippen LogP contribution is 2.29. The van der Waals surface area contributed by atoms with E-state index in [0.717, 1.165) is 16.4 Å². The van der Waals surface area contributed by atoms with Crippen LogP contribution in [0.25, 0.3) is 11.0 Å². The molecule has 2 rings (SSSR count). The molecule has 0 saturated carbocycles. The van der Waals surface area contributed by atoms with Crippen LogP contribution in [0, 0.1) is 0 Å². The lowest BCUT2D eigenvalue weighted by Crippen LogP contribution is -1.84. The van der Waals surface area contributed by atoms with Crippen molar-refractivity contribution in [3.63, 3.8) is 0 Å². The normalized spacial score (nSPS) is 10.9. The van der Waals surface area contributed by atoms with Crippen LogP contribution in [0.2, 0.25) is 0 Å². The van der Waals surface area contributed by atoms with E-state index >= 15 is 0 Å². The highest BCUT2D eigenvalue weighted by atomic mass is 79.9. The highest BCUT2D eigenvalue weighted by Gasteiger charge is 2.07. The third-order valence-electron chi connectivity index (χ3n) is 1.97. The maximum Gasteiger partial charge on any atom is 0.102 e. The first-order valence-corrected chi connectivity index (χ1v) is 6.26. The molecular formula is C9H9BrN2S. The van der Waals surface area contributed by atoms with Crippen molar-refractivity contribution in [3.8, 4) is 0 Å². The fourth-order valence-electron chi connectivity index (χ4n) is 1.36. The molecule has 0 bridgehead atoms. The van der Waals surface area contributed by atoms with Crippen LogP contribution in [-0.4, -0.2) is 16.2 Å². The zero-order chi connectivity index (χ0) is 9.26. The largest absolute Gasteiger partial charge is 0.345 e. The Balaban J connectivity index is 2.74. The summed E-state index contributed by atoms with van der Waals surface area (Å²) in [4.78, 5) is 8.67. The van der Waals surface area contributed by atoms with E-state index in [1.165, 1.54) is 10.5 Å². The van der Waals surface area contributed by atoms with Gasteiger partial charge in [-0.15, -0.1) is 11.8 Å². The second kappa shape index (κ2) is 3.72. The number of nitrogens with zero attached hydrogens (tertiary/aromatic N) is 1. The zero-order valence-corrected chi connectivity index (χ0v) is 9.58. The topological polar surface area (TPSA) is 28.7 Å². The van der Waals surface area contributed by atoms with Crippen molar-refractivity contribution in [1.82, 2.24) is 9.97 Å². The molecule has 2 aromatic rings. The number of nitrogens with one attached hydrogen (secondary N) is 1. The minimum absolute atomic E-state index is 0.881. The molecular weight excluding hydrogens is 248 g/mol. The Labute approximate surface area is 89.3 Å². The van der Waals surface area contributed by atoms with Gasteiger partial charge in [-0.3, -0.25) is 0 Å². The fraction of sp³-hybridized carbons (Fsp3) is 0.222. The molecule has 0 saturated heterocycles. The van der Waals surface area contributed by atoms with Crippen molar-refractivity contribution in [1.29, 1.82) is 0 Å². The highest BCUT2D eigenvalue weighted by molar-refractivity contribution is 9.08. The number of imidazole rings is 1. The molecule has 0 amide bonds. The van der Waals surface area contributed by atoms with Crippen LogP contribution in [0.15, 0.2) is 23.4 Å². The molecule has 1 heterocycles. The Morgan fingerprint density at radius 1 is 1.54 bits per heavy atom. The summed E-state index contributed by atoms with van der Waals surface area (Å²) in [5.41, 5.74) is 3.48. The summed E-state index contributed by atoms with van der Waals surface area (Å²) < 4.78 is 0. The van der Waals surface area contributed by atoms with Crippen LogP contribution >= 0.6 is 27.7 Å². The summed E-state index contributed by atoms with van der Waals surface area (Å²) in [6, 6.07) is 4.19.